The van der Waals surface area contributed by atoms with Crippen LogP contribution < -0.4 is 15.2 Å². The van der Waals surface area contributed by atoms with E-state index in [9.17, 15) is 14.0 Å². The van der Waals surface area contributed by atoms with Crippen molar-refractivity contribution in [1.29, 1.82) is 0 Å². The van der Waals surface area contributed by atoms with E-state index in [-0.39, 0.29) is 29.4 Å². The number of benzene rings is 2. The molecule has 0 saturated carbocycles. The summed E-state index contributed by atoms with van der Waals surface area (Å²) in [6.07, 6.45) is 0. The zero-order chi connectivity index (χ0) is 22.1. The Kier molecular flexibility index (Phi) is 5.24. The number of carbonyl (C=O) groups is 1. The second kappa shape index (κ2) is 8.02. The van der Waals surface area contributed by atoms with Crippen molar-refractivity contribution in [3.8, 4) is 5.75 Å². The van der Waals surface area contributed by atoms with Gasteiger partial charge in [-0.25, -0.2) is 9.37 Å². The molecular formula is C22H20FN5O3. The number of H-pyrrole nitrogens is 1. The van der Waals surface area contributed by atoms with Crippen molar-refractivity contribution < 1.29 is 13.9 Å². The number of hydrogen-bond donors (Lipinski definition) is 1. The predicted molar refractivity (Wildman–Crippen MR) is 113 cm³/mol. The molecule has 9 heteroatoms. The number of halogens is 1. The molecule has 0 atom stereocenters. The summed E-state index contributed by atoms with van der Waals surface area (Å²) in [5, 5.41) is 2.87. The quantitative estimate of drug-likeness (QED) is 0.535. The third-order valence-corrected chi connectivity index (χ3v) is 5.04. The van der Waals surface area contributed by atoms with E-state index < -0.39 is 11.7 Å². The summed E-state index contributed by atoms with van der Waals surface area (Å²) in [6.45, 7) is 3.56. The van der Waals surface area contributed by atoms with Gasteiger partial charge in [0.25, 0.3) is 17.2 Å². The van der Waals surface area contributed by atoms with E-state index in [1.165, 1.54) is 33.7 Å². The summed E-state index contributed by atoms with van der Waals surface area (Å²) in [7, 11) is 1.57. The number of fused-ring (bicyclic) bond motifs is 1. The molecule has 0 fully saturated rings. The van der Waals surface area contributed by atoms with Crippen LogP contribution >= 0.6 is 0 Å². The molecule has 0 aliphatic rings. The highest BCUT2D eigenvalue weighted by molar-refractivity contribution is 6.05. The Morgan fingerprint density at radius 2 is 1.77 bits per heavy atom. The summed E-state index contributed by atoms with van der Waals surface area (Å²) >= 11 is 0. The van der Waals surface area contributed by atoms with Crippen LogP contribution in [0.25, 0.3) is 5.78 Å². The van der Waals surface area contributed by atoms with Gasteiger partial charge in [-0.1, -0.05) is 12.1 Å². The minimum absolute atomic E-state index is 0.153. The van der Waals surface area contributed by atoms with E-state index in [0.29, 0.717) is 17.0 Å². The molecule has 0 radical (unpaired) electrons. The number of carbonyl (C=O) groups excluding carboxylic acids is 1. The summed E-state index contributed by atoms with van der Waals surface area (Å²) < 4.78 is 19.7. The largest absolute Gasteiger partial charge is 0.497 e. The maximum absolute atomic E-state index is 13.4. The molecule has 31 heavy (non-hydrogen) atoms. The lowest BCUT2D eigenvalue weighted by Crippen LogP contribution is -2.31. The number of aromatic nitrogens is 4. The average Bonchev–Trinajstić information content (AvgIpc) is 3.20. The third-order valence-electron chi connectivity index (χ3n) is 5.04. The monoisotopic (exact) mass is 421 g/mol. The van der Waals surface area contributed by atoms with Gasteiger partial charge in [-0.2, -0.15) is 9.50 Å². The van der Waals surface area contributed by atoms with E-state index in [0.717, 1.165) is 5.56 Å². The molecule has 4 rings (SSSR count). The number of nitrogens with one attached hydrogen (secondary N) is 1. The standard InChI is InChI=1S/C22H20FN5O3/c1-13-14(2)24-21-25-22(26-28(21)19(13)29)27(12-15-4-10-18(31-3)11-5-15)20(30)16-6-8-17(23)9-7-16/h4-11H,12H2,1-3H3,(H,24,25,26). The van der Waals surface area contributed by atoms with E-state index in [2.05, 4.69) is 15.1 Å². The van der Waals surface area contributed by atoms with Gasteiger partial charge in [-0.3, -0.25) is 19.6 Å². The smallest absolute Gasteiger partial charge is 0.277 e. The molecule has 2 aromatic heterocycles. The molecule has 0 saturated heterocycles. The van der Waals surface area contributed by atoms with Gasteiger partial charge in [0.15, 0.2) is 0 Å². The van der Waals surface area contributed by atoms with Crippen molar-refractivity contribution in [2.24, 2.45) is 0 Å². The number of amides is 1. The molecule has 158 valence electrons. The summed E-state index contributed by atoms with van der Waals surface area (Å²) in [5.41, 5.74) is 1.85. The number of methoxy groups -OCH3 is 1. The molecule has 1 N–H and O–H groups in total. The minimum Gasteiger partial charge on any atom is -0.497 e. The normalized spacial score (nSPS) is 11.0. The predicted octanol–water partition coefficient (Wildman–Crippen LogP) is 3.03. The van der Waals surface area contributed by atoms with Crippen LogP contribution in [0.5, 0.6) is 5.75 Å². The lowest BCUT2D eigenvalue weighted by Gasteiger charge is -2.20. The van der Waals surface area contributed by atoms with Crippen molar-refractivity contribution in [2.45, 2.75) is 20.4 Å². The van der Waals surface area contributed by atoms with Crippen molar-refractivity contribution in [2.75, 3.05) is 12.0 Å². The number of ether oxygens (including phenoxy) is 1. The van der Waals surface area contributed by atoms with Gasteiger partial charge in [-0.05, 0) is 55.8 Å². The molecule has 0 aliphatic heterocycles. The number of nitrogens with zero attached hydrogens (tertiary/aromatic N) is 4. The Balaban J connectivity index is 1.80. The number of aryl methyl sites for hydroxylation is 1. The fourth-order valence-electron chi connectivity index (χ4n) is 3.12. The van der Waals surface area contributed by atoms with Gasteiger partial charge in [0, 0.05) is 16.8 Å². The summed E-state index contributed by atoms with van der Waals surface area (Å²) in [6, 6.07) is 12.5. The molecular weight excluding hydrogens is 401 g/mol. The van der Waals surface area contributed by atoms with Crippen molar-refractivity contribution in [1.82, 2.24) is 19.6 Å². The molecule has 0 spiro atoms. The van der Waals surface area contributed by atoms with Gasteiger partial charge < -0.3 is 4.74 Å². The molecule has 0 unspecified atom stereocenters. The minimum atomic E-state index is -0.441. The Labute approximate surface area is 176 Å². The van der Waals surface area contributed by atoms with Crippen molar-refractivity contribution >= 4 is 17.6 Å². The molecule has 1 amide bonds. The van der Waals surface area contributed by atoms with E-state index in [1.807, 2.05) is 12.1 Å². The van der Waals surface area contributed by atoms with Crippen LogP contribution in [-0.2, 0) is 6.54 Å². The zero-order valence-corrected chi connectivity index (χ0v) is 17.2. The Morgan fingerprint density at radius 1 is 1.10 bits per heavy atom. The SMILES string of the molecule is COc1ccc(CN(C(=O)c2ccc(F)cc2)c2nc3nc(C)c(C)c(=O)n3[nH]2)cc1. The molecule has 2 aromatic carbocycles. The Hall–Kier alpha value is -4.01. The van der Waals surface area contributed by atoms with Gasteiger partial charge in [0.1, 0.15) is 11.6 Å². The first-order chi connectivity index (χ1) is 14.9. The first kappa shape index (κ1) is 20.3. The second-order valence-electron chi connectivity index (χ2n) is 7.06. The van der Waals surface area contributed by atoms with Gasteiger partial charge >= 0.3 is 0 Å². The highest BCUT2D eigenvalue weighted by atomic mass is 19.1. The van der Waals surface area contributed by atoms with Crippen LogP contribution in [0.3, 0.4) is 0 Å². The fraction of sp³-hybridized carbons (Fsp3) is 0.182. The fourth-order valence-corrected chi connectivity index (χ4v) is 3.12. The summed E-state index contributed by atoms with van der Waals surface area (Å²) in [5.74, 6) is 0.153. The average molecular weight is 421 g/mol. The zero-order valence-electron chi connectivity index (χ0n) is 17.2. The highest BCUT2D eigenvalue weighted by Crippen LogP contribution is 2.19. The maximum Gasteiger partial charge on any atom is 0.277 e. The first-order valence-corrected chi connectivity index (χ1v) is 9.53. The van der Waals surface area contributed by atoms with Gasteiger partial charge in [-0.15, -0.1) is 0 Å². The maximum atomic E-state index is 13.4. The summed E-state index contributed by atoms with van der Waals surface area (Å²) in [4.78, 5) is 36.0. The van der Waals surface area contributed by atoms with Crippen LogP contribution in [0.15, 0.2) is 53.3 Å². The van der Waals surface area contributed by atoms with Crippen LogP contribution in [0.2, 0.25) is 0 Å². The molecule has 0 aliphatic carbocycles. The van der Waals surface area contributed by atoms with Crippen LogP contribution in [-0.4, -0.2) is 32.6 Å². The molecule has 8 nitrogen and oxygen atoms in total. The molecule has 0 bridgehead atoms. The van der Waals surface area contributed by atoms with E-state index >= 15 is 0 Å². The van der Waals surface area contributed by atoms with Crippen LogP contribution in [0, 0.1) is 19.7 Å². The molecule has 2 heterocycles. The topological polar surface area (TPSA) is 92.6 Å². The Morgan fingerprint density at radius 3 is 2.42 bits per heavy atom. The lowest BCUT2D eigenvalue weighted by molar-refractivity contribution is 0.0983. The van der Waals surface area contributed by atoms with Crippen molar-refractivity contribution in [3.05, 3.63) is 87.1 Å². The van der Waals surface area contributed by atoms with Crippen molar-refractivity contribution in [3.63, 3.8) is 0 Å². The van der Waals surface area contributed by atoms with E-state index in [1.54, 1.807) is 33.1 Å². The number of aromatic amines is 1. The van der Waals surface area contributed by atoms with Gasteiger partial charge in [0.2, 0.25) is 5.95 Å². The second-order valence-corrected chi connectivity index (χ2v) is 7.06. The highest BCUT2D eigenvalue weighted by Gasteiger charge is 2.23. The van der Waals surface area contributed by atoms with Gasteiger partial charge in [0.05, 0.1) is 13.7 Å². The van der Waals surface area contributed by atoms with Crippen LogP contribution in [0.4, 0.5) is 10.3 Å². The first-order valence-electron chi connectivity index (χ1n) is 9.53. The van der Waals surface area contributed by atoms with E-state index in [4.69, 9.17) is 4.74 Å². The number of rotatable bonds is 5. The Bertz CT molecular complexity index is 1310. The third kappa shape index (κ3) is 3.89. The number of anilines is 1. The number of hydrogen-bond acceptors (Lipinski definition) is 5. The lowest BCUT2D eigenvalue weighted by atomic mass is 10.1. The van der Waals surface area contributed by atoms with Crippen LogP contribution in [0.1, 0.15) is 27.2 Å². The molecule has 4 aromatic rings.